The number of guanidine groups is 1. The molecule has 0 aliphatic carbocycles. The summed E-state index contributed by atoms with van der Waals surface area (Å²) in [7, 11) is 3.80. The van der Waals surface area contributed by atoms with E-state index in [4.69, 9.17) is 9.73 Å². The van der Waals surface area contributed by atoms with Crippen LogP contribution in [0.2, 0.25) is 0 Å². The van der Waals surface area contributed by atoms with E-state index >= 15 is 0 Å². The SMILES string of the molecule is Cc1nnc(CN=C(NCCCN2CCOCC2)N(C)CC(=O)NC(C)(C)C)n1C.I. The number of rotatable bonds is 8. The molecule has 0 spiro atoms. The Hall–Kier alpha value is -1.47. The van der Waals surface area contributed by atoms with Crippen LogP contribution in [0, 0.1) is 6.92 Å². The van der Waals surface area contributed by atoms with Crippen LogP contribution in [0.25, 0.3) is 0 Å². The van der Waals surface area contributed by atoms with E-state index in [-0.39, 0.29) is 42.0 Å². The Kier molecular flexibility index (Phi) is 11.7. The molecule has 1 aromatic rings. The third-order valence-corrected chi connectivity index (χ3v) is 4.85. The third-order valence-electron chi connectivity index (χ3n) is 4.85. The second-order valence-electron chi connectivity index (χ2n) is 8.75. The van der Waals surface area contributed by atoms with Crippen molar-refractivity contribution in [2.45, 2.75) is 46.2 Å². The van der Waals surface area contributed by atoms with E-state index in [0.29, 0.717) is 12.5 Å². The second kappa shape index (κ2) is 13.2. The maximum Gasteiger partial charge on any atom is 0.240 e. The van der Waals surface area contributed by atoms with E-state index in [1.54, 1.807) is 0 Å². The maximum absolute atomic E-state index is 12.4. The van der Waals surface area contributed by atoms with Crippen molar-refractivity contribution in [2.24, 2.45) is 12.0 Å². The van der Waals surface area contributed by atoms with Crippen molar-refractivity contribution >= 4 is 35.8 Å². The minimum Gasteiger partial charge on any atom is -0.379 e. The molecule has 2 N–H and O–H groups in total. The van der Waals surface area contributed by atoms with Crippen LogP contribution >= 0.6 is 24.0 Å². The van der Waals surface area contributed by atoms with Crippen molar-refractivity contribution in [1.29, 1.82) is 0 Å². The average molecular weight is 550 g/mol. The molecule has 0 saturated carbocycles. The first-order valence-electron chi connectivity index (χ1n) is 10.6. The van der Waals surface area contributed by atoms with Crippen molar-refractivity contribution in [3.05, 3.63) is 11.6 Å². The van der Waals surface area contributed by atoms with Gasteiger partial charge >= 0.3 is 0 Å². The fourth-order valence-electron chi connectivity index (χ4n) is 3.12. The van der Waals surface area contributed by atoms with Gasteiger partial charge in [0.15, 0.2) is 11.8 Å². The van der Waals surface area contributed by atoms with Crippen LogP contribution in [0.3, 0.4) is 0 Å². The summed E-state index contributed by atoms with van der Waals surface area (Å²) < 4.78 is 7.32. The monoisotopic (exact) mass is 550 g/mol. The predicted octanol–water partition coefficient (Wildman–Crippen LogP) is 0.756. The third kappa shape index (κ3) is 10.1. The summed E-state index contributed by atoms with van der Waals surface area (Å²) in [6.45, 7) is 13.8. The predicted molar refractivity (Wildman–Crippen MR) is 133 cm³/mol. The van der Waals surface area contributed by atoms with E-state index in [1.165, 1.54) is 0 Å². The number of amides is 1. The number of morpholine rings is 1. The van der Waals surface area contributed by atoms with Crippen molar-refractivity contribution in [1.82, 2.24) is 35.2 Å². The molecule has 1 aliphatic rings. The minimum absolute atomic E-state index is 0. The van der Waals surface area contributed by atoms with E-state index in [0.717, 1.165) is 57.5 Å². The summed E-state index contributed by atoms with van der Waals surface area (Å²) in [4.78, 5) is 21.3. The molecule has 0 aromatic carbocycles. The number of hydrogen-bond acceptors (Lipinski definition) is 6. The van der Waals surface area contributed by atoms with E-state index in [9.17, 15) is 4.79 Å². The van der Waals surface area contributed by atoms with Crippen LogP contribution < -0.4 is 10.6 Å². The van der Waals surface area contributed by atoms with Crippen LogP contribution in [-0.4, -0.2) is 95.0 Å². The zero-order valence-electron chi connectivity index (χ0n) is 19.8. The van der Waals surface area contributed by atoms with Crippen molar-refractivity contribution in [3.63, 3.8) is 0 Å². The Morgan fingerprint density at radius 2 is 1.94 bits per heavy atom. The summed E-state index contributed by atoms with van der Waals surface area (Å²) in [6.07, 6.45) is 0.990. The zero-order chi connectivity index (χ0) is 22.1. The second-order valence-corrected chi connectivity index (χ2v) is 8.75. The molecule has 0 bridgehead atoms. The van der Waals surface area contributed by atoms with E-state index in [1.807, 2.05) is 51.3 Å². The molecule has 1 aliphatic heterocycles. The summed E-state index contributed by atoms with van der Waals surface area (Å²) >= 11 is 0. The molecule has 1 amide bonds. The lowest BCUT2D eigenvalue weighted by Crippen LogP contribution is -2.49. The molecular formula is C20H39IN8O2. The normalized spacial score (nSPS) is 15.4. The minimum atomic E-state index is -0.267. The maximum atomic E-state index is 12.4. The van der Waals surface area contributed by atoms with Gasteiger partial charge in [-0.3, -0.25) is 9.69 Å². The van der Waals surface area contributed by atoms with Gasteiger partial charge in [-0.05, 0) is 40.7 Å². The number of halogens is 1. The van der Waals surface area contributed by atoms with Crippen LogP contribution in [0.1, 0.15) is 38.8 Å². The van der Waals surface area contributed by atoms with E-state index in [2.05, 4.69) is 25.7 Å². The number of nitrogens with zero attached hydrogens (tertiary/aromatic N) is 6. The number of hydrogen-bond donors (Lipinski definition) is 2. The van der Waals surface area contributed by atoms with Crippen molar-refractivity contribution in [3.8, 4) is 0 Å². The van der Waals surface area contributed by atoms with Crippen LogP contribution in [0.15, 0.2) is 4.99 Å². The molecule has 2 rings (SSSR count). The number of carbonyl (C=O) groups excluding carboxylic acids is 1. The lowest BCUT2D eigenvalue weighted by atomic mass is 10.1. The number of carbonyl (C=O) groups is 1. The molecule has 1 fully saturated rings. The lowest BCUT2D eigenvalue weighted by molar-refractivity contribution is -0.122. The number of aryl methyl sites for hydroxylation is 1. The van der Waals surface area contributed by atoms with Crippen LogP contribution in [0.4, 0.5) is 0 Å². The Morgan fingerprint density at radius 1 is 1.26 bits per heavy atom. The van der Waals surface area contributed by atoms with Gasteiger partial charge in [0, 0.05) is 39.3 Å². The van der Waals surface area contributed by atoms with Gasteiger partial charge in [-0.2, -0.15) is 0 Å². The Labute approximate surface area is 203 Å². The highest BCUT2D eigenvalue weighted by molar-refractivity contribution is 14.0. The molecule has 0 radical (unpaired) electrons. The molecule has 10 nitrogen and oxygen atoms in total. The first-order valence-corrected chi connectivity index (χ1v) is 10.6. The number of ether oxygens (including phenoxy) is 1. The highest BCUT2D eigenvalue weighted by Gasteiger charge is 2.17. The largest absolute Gasteiger partial charge is 0.379 e. The average Bonchev–Trinajstić information content (AvgIpc) is 2.98. The molecule has 11 heteroatoms. The lowest BCUT2D eigenvalue weighted by Gasteiger charge is -2.27. The topological polar surface area (TPSA) is 99.9 Å². The Bertz CT molecular complexity index is 711. The molecule has 0 atom stereocenters. The number of likely N-dealkylation sites (N-methyl/N-ethyl adjacent to an activating group) is 1. The van der Waals surface area contributed by atoms with Gasteiger partial charge in [0.2, 0.25) is 5.91 Å². The molecule has 2 heterocycles. The van der Waals surface area contributed by atoms with Gasteiger partial charge in [-0.25, -0.2) is 4.99 Å². The molecular weight excluding hydrogens is 511 g/mol. The smallest absolute Gasteiger partial charge is 0.240 e. The Balaban J connectivity index is 0.00000480. The van der Waals surface area contributed by atoms with Gasteiger partial charge < -0.3 is 24.8 Å². The fourth-order valence-corrected chi connectivity index (χ4v) is 3.12. The van der Waals surface area contributed by atoms with Gasteiger partial charge in [-0.15, -0.1) is 34.2 Å². The van der Waals surface area contributed by atoms with Gasteiger partial charge in [-0.1, -0.05) is 0 Å². The van der Waals surface area contributed by atoms with Crippen LogP contribution in [-0.2, 0) is 23.1 Å². The fraction of sp³-hybridized carbons (Fsp3) is 0.800. The quantitative estimate of drug-likeness (QED) is 0.213. The first kappa shape index (κ1) is 27.6. The highest BCUT2D eigenvalue weighted by atomic mass is 127. The summed E-state index contributed by atoms with van der Waals surface area (Å²) in [6, 6.07) is 0. The molecule has 1 saturated heterocycles. The summed E-state index contributed by atoms with van der Waals surface area (Å²) in [5.74, 6) is 2.27. The summed E-state index contributed by atoms with van der Waals surface area (Å²) in [5.41, 5.74) is -0.267. The Morgan fingerprint density at radius 3 is 2.52 bits per heavy atom. The molecule has 1 aromatic heterocycles. The van der Waals surface area contributed by atoms with Gasteiger partial charge in [0.05, 0.1) is 19.8 Å². The number of aliphatic imine (C=N–C) groups is 1. The van der Waals surface area contributed by atoms with Crippen LogP contribution in [0.5, 0.6) is 0 Å². The molecule has 0 unspecified atom stereocenters. The number of aromatic nitrogens is 3. The first-order chi connectivity index (χ1) is 14.2. The molecule has 31 heavy (non-hydrogen) atoms. The van der Waals surface area contributed by atoms with Crippen molar-refractivity contribution in [2.75, 3.05) is 53.0 Å². The van der Waals surface area contributed by atoms with E-state index < -0.39 is 0 Å². The molecule has 178 valence electrons. The zero-order valence-corrected chi connectivity index (χ0v) is 22.1. The highest BCUT2D eigenvalue weighted by Crippen LogP contribution is 2.02. The summed E-state index contributed by atoms with van der Waals surface area (Å²) in [5, 5.41) is 14.7. The standard InChI is InChI=1S/C20H38N8O2.HI/c1-16-24-25-17(27(16)6)14-22-19(26(5)15-18(29)23-20(2,3)4)21-8-7-9-28-10-12-30-13-11-28;/h7-15H2,1-6H3,(H,21,22)(H,23,29);1H. The van der Waals surface area contributed by atoms with Gasteiger partial charge in [0.1, 0.15) is 12.4 Å². The van der Waals surface area contributed by atoms with Gasteiger partial charge in [0.25, 0.3) is 0 Å². The van der Waals surface area contributed by atoms with Crippen molar-refractivity contribution < 1.29 is 9.53 Å². The number of nitrogens with one attached hydrogen (secondary N) is 2.